The highest BCUT2D eigenvalue weighted by atomic mass is 16.3. The summed E-state index contributed by atoms with van der Waals surface area (Å²) in [5.74, 6) is 1.44. The van der Waals surface area contributed by atoms with Crippen LogP contribution in [0.5, 0.6) is 5.75 Å². The van der Waals surface area contributed by atoms with Gasteiger partial charge in [0.25, 0.3) is 0 Å². The van der Waals surface area contributed by atoms with Gasteiger partial charge in [-0.2, -0.15) is 0 Å². The summed E-state index contributed by atoms with van der Waals surface area (Å²) >= 11 is 0. The Morgan fingerprint density at radius 2 is 1.84 bits per heavy atom. The summed E-state index contributed by atoms with van der Waals surface area (Å²) in [6.07, 6.45) is 3.84. The first-order chi connectivity index (χ1) is 8.90. The van der Waals surface area contributed by atoms with Crippen molar-refractivity contribution in [3.8, 4) is 5.75 Å². The highest BCUT2D eigenvalue weighted by molar-refractivity contribution is 5.48. The molecule has 19 heavy (non-hydrogen) atoms. The molecule has 3 unspecified atom stereocenters. The molecular formula is C17H26O2. The first-order valence-electron chi connectivity index (χ1n) is 7.36. The number of phenolic OH excluding ortho intramolecular Hbond substituents is 1. The van der Waals surface area contributed by atoms with Crippen LogP contribution in [0.15, 0.2) is 6.07 Å². The normalized spacial score (nSPS) is 27.5. The number of hydrogen-bond donors (Lipinski definition) is 2. The predicted molar refractivity (Wildman–Crippen MR) is 78.5 cm³/mol. The second kappa shape index (κ2) is 5.54. The number of aliphatic hydroxyl groups excluding tert-OH is 1. The van der Waals surface area contributed by atoms with Crippen molar-refractivity contribution in [2.45, 2.75) is 59.5 Å². The average molecular weight is 262 g/mol. The van der Waals surface area contributed by atoms with Gasteiger partial charge in [-0.1, -0.05) is 13.0 Å². The Labute approximate surface area is 116 Å². The van der Waals surface area contributed by atoms with Crippen molar-refractivity contribution in [3.05, 3.63) is 28.3 Å². The van der Waals surface area contributed by atoms with E-state index in [9.17, 15) is 10.2 Å². The fourth-order valence-corrected chi connectivity index (χ4v) is 3.37. The van der Waals surface area contributed by atoms with E-state index in [0.717, 1.165) is 36.8 Å². The van der Waals surface area contributed by atoms with Crippen LogP contribution in [0.1, 0.15) is 48.4 Å². The molecule has 0 saturated heterocycles. The lowest BCUT2D eigenvalue weighted by Crippen LogP contribution is -2.28. The SMILES string of the molecule is Cc1cc(C)c(O)c(CC2CCC(O)C(C)C2)c1C. The minimum atomic E-state index is -0.134. The Morgan fingerprint density at radius 1 is 1.16 bits per heavy atom. The third kappa shape index (κ3) is 2.94. The van der Waals surface area contributed by atoms with Gasteiger partial charge in [-0.05, 0) is 80.5 Å². The van der Waals surface area contributed by atoms with Gasteiger partial charge < -0.3 is 10.2 Å². The number of aliphatic hydroxyl groups is 1. The lowest BCUT2D eigenvalue weighted by molar-refractivity contribution is 0.0572. The molecule has 0 aliphatic heterocycles. The summed E-state index contributed by atoms with van der Waals surface area (Å²) < 4.78 is 0. The molecule has 2 nitrogen and oxygen atoms in total. The van der Waals surface area contributed by atoms with E-state index in [1.54, 1.807) is 0 Å². The molecule has 0 spiro atoms. The Bertz CT molecular complexity index is 439. The van der Waals surface area contributed by atoms with Gasteiger partial charge in [0.05, 0.1) is 6.10 Å². The van der Waals surface area contributed by atoms with Crippen LogP contribution in [0.2, 0.25) is 0 Å². The molecule has 0 amide bonds. The zero-order valence-corrected chi connectivity index (χ0v) is 12.5. The Morgan fingerprint density at radius 3 is 2.47 bits per heavy atom. The predicted octanol–water partition coefficient (Wildman–Crippen LogP) is 3.66. The van der Waals surface area contributed by atoms with Crippen molar-refractivity contribution in [2.24, 2.45) is 11.8 Å². The Kier molecular flexibility index (Phi) is 4.19. The van der Waals surface area contributed by atoms with Gasteiger partial charge in [0.2, 0.25) is 0 Å². The smallest absolute Gasteiger partial charge is 0.121 e. The largest absolute Gasteiger partial charge is 0.507 e. The fourth-order valence-electron chi connectivity index (χ4n) is 3.37. The molecule has 0 bridgehead atoms. The highest BCUT2D eigenvalue weighted by Crippen LogP contribution is 2.36. The van der Waals surface area contributed by atoms with E-state index >= 15 is 0 Å². The van der Waals surface area contributed by atoms with E-state index in [0.29, 0.717) is 17.6 Å². The summed E-state index contributed by atoms with van der Waals surface area (Å²) in [7, 11) is 0. The molecule has 2 N–H and O–H groups in total. The minimum absolute atomic E-state index is 0.134. The van der Waals surface area contributed by atoms with Gasteiger partial charge in [-0.25, -0.2) is 0 Å². The maximum atomic E-state index is 10.3. The van der Waals surface area contributed by atoms with Crippen LogP contribution >= 0.6 is 0 Å². The van der Waals surface area contributed by atoms with Crippen LogP contribution in [0, 0.1) is 32.6 Å². The summed E-state index contributed by atoms with van der Waals surface area (Å²) in [5.41, 5.74) is 4.57. The van der Waals surface area contributed by atoms with Crippen molar-refractivity contribution in [3.63, 3.8) is 0 Å². The van der Waals surface area contributed by atoms with Gasteiger partial charge in [-0.3, -0.25) is 0 Å². The highest BCUT2D eigenvalue weighted by Gasteiger charge is 2.27. The number of rotatable bonds is 2. The van der Waals surface area contributed by atoms with Gasteiger partial charge in [0.15, 0.2) is 0 Å². The third-order valence-corrected chi connectivity index (χ3v) is 4.86. The van der Waals surface area contributed by atoms with Gasteiger partial charge in [-0.15, -0.1) is 0 Å². The molecule has 1 aromatic rings. The summed E-state index contributed by atoms with van der Waals surface area (Å²) in [4.78, 5) is 0. The van der Waals surface area contributed by atoms with Crippen LogP contribution in [0.3, 0.4) is 0 Å². The molecule has 3 atom stereocenters. The van der Waals surface area contributed by atoms with Crippen molar-refractivity contribution in [2.75, 3.05) is 0 Å². The average Bonchev–Trinajstić information content (AvgIpc) is 2.36. The van der Waals surface area contributed by atoms with Crippen molar-refractivity contribution in [1.29, 1.82) is 0 Å². The first kappa shape index (κ1) is 14.4. The Balaban J connectivity index is 2.20. The molecule has 0 heterocycles. The maximum absolute atomic E-state index is 10.3. The van der Waals surface area contributed by atoms with E-state index in [4.69, 9.17) is 0 Å². The summed E-state index contributed by atoms with van der Waals surface area (Å²) in [6.45, 7) is 8.31. The van der Waals surface area contributed by atoms with Crippen LogP contribution in [0.25, 0.3) is 0 Å². The number of aromatic hydroxyl groups is 1. The molecule has 2 rings (SSSR count). The quantitative estimate of drug-likeness (QED) is 0.854. The molecule has 2 heteroatoms. The van der Waals surface area contributed by atoms with E-state index in [1.165, 1.54) is 11.1 Å². The fraction of sp³-hybridized carbons (Fsp3) is 0.647. The van der Waals surface area contributed by atoms with E-state index < -0.39 is 0 Å². The lowest BCUT2D eigenvalue weighted by Gasteiger charge is -2.31. The number of benzene rings is 1. The molecule has 1 fully saturated rings. The second-order valence-corrected chi connectivity index (χ2v) is 6.39. The van der Waals surface area contributed by atoms with Crippen molar-refractivity contribution >= 4 is 0 Å². The topological polar surface area (TPSA) is 40.5 Å². The monoisotopic (exact) mass is 262 g/mol. The summed E-state index contributed by atoms with van der Waals surface area (Å²) in [5, 5.41) is 20.1. The molecule has 0 radical (unpaired) electrons. The lowest BCUT2D eigenvalue weighted by atomic mass is 9.77. The molecular weight excluding hydrogens is 236 g/mol. The standard InChI is InChI=1S/C17H26O2/c1-10-7-12(3)17(19)15(13(10)4)9-14-5-6-16(18)11(2)8-14/h7,11,14,16,18-19H,5-6,8-9H2,1-4H3. The van der Waals surface area contributed by atoms with Crippen LogP contribution < -0.4 is 0 Å². The molecule has 1 aliphatic carbocycles. The maximum Gasteiger partial charge on any atom is 0.121 e. The van der Waals surface area contributed by atoms with E-state index in [-0.39, 0.29) is 6.10 Å². The van der Waals surface area contributed by atoms with Gasteiger partial charge in [0.1, 0.15) is 5.75 Å². The second-order valence-electron chi connectivity index (χ2n) is 6.39. The first-order valence-corrected chi connectivity index (χ1v) is 7.36. The van der Waals surface area contributed by atoms with Crippen LogP contribution in [-0.4, -0.2) is 16.3 Å². The van der Waals surface area contributed by atoms with Gasteiger partial charge in [0, 0.05) is 0 Å². The molecule has 0 aromatic heterocycles. The van der Waals surface area contributed by atoms with E-state index in [2.05, 4.69) is 26.8 Å². The Hall–Kier alpha value is -1.02. The molecule has 1 saturated carbocycles. The van der Waals surface area contributed by atoms with Gasteiger partial charge >= 0.3 is 0 Å². The zero-order chi connectivity index (χ0) is 14.2. The van der Waals surface area contributed by atoms with Crippen molar-refractivity contribution in [1.82, 2.24) is 0 Å². The van der Waals surface area contributed by atoms with Crippen LogP contribution in [0.4, 0.5) is 0 Å². The summed E-state index contributed by atoms with van der Waals surface area (Å²) in [6, 6.07) is 2.06. The minimum Gasteiger partial charge on any atom is -0.507 e. The number of phenols is 1. The molecule has 1 aromatic carbocycles. The molecule has 1 aliphatic rings. The van der Waals surface area contributed by atoms with Crippen LogP contribution in [-0.2, 0) is 6.42 Å². The molecule has 106 valence electrons. The van der Waals surface area contributed by atoms with E-state index in [1.807, 2.05) is 6.92 Å². The number of hydrogen-bond acceptors (Lipinski definition) is 2. The number of aryl methyl sites for hydroxylation is 2. The third-order valence-electron chi connectivity index (χ3n) is 4.86. The zero-order valence-electron chi connectivity index (χ0n) is 12.5. The van der Waals surface area contributed by atoms with Crippen molar-refractivity contribution < 1.29 is 10.2 Å².